The summed E-state index contributed by atoms with van der Waals surface area (Å²) in [6, 6.07) is 4.08. The summed E-state index contributed by atoms with van der Waals surface area (Å²) in [6.07, 6.45) is 11.7. The molecule has 0 spiro atoms. The Bertz CT molecular complexity index is 841. The SMILES string of the molecule is Nc1nc(OCc2ccncc2)nc2c1cnn2CC1CCCCC1. The Hall–Kier alpha value is -2.70. The summed E-state index contributed by atoms with van der Waals surface area (Å²) in [5, 5.41) is 5.26. The van der Waals surface area contributed by atoms with Crippen LogP contribution >= 0.6 is 0 Å². The Kier molecular flexibility index (Phi) is 4.45. The minimum Gasteiger partial charge on any atom is -0.458 e. The topological polar surface area (TPSA) is 91.7 Å². The van der Waals surface area contributed by atoms with E-state index in [-0.39, 0.29) is 6.01 Å². The molecule has 7 heteroatoms. The predicted molar refractivity (Wildman–Crippen MR) is 94.9 cm³/mol. The second kappa shape index (κ2) is 7.04. The van der Waals surface area contributed by atoms with Gasteiger partial charge in [-0.15, -0.1) is 0 Å². The molecule has 0 aromatic carbocycles. The fourth-order valence-corrected chi connectivity index (χ4v) is 3.40. The zero-order valence-corrected chi connectivity index (χ0v) is 14.1. The van der Waals surface area contributed by atoms with E-state index in [1.54, 1.807) is 18.6 Å². The first-order valence-corrected chi connectivity index (χ1v) is 8.80. The summed E-state index contributed by atoms with van der Waals surface area (Å²) in [5.41, 5.74) is 7.84. The number of ether oxygens (including phenoxy) is 1. The maximum atomic E-state index is 6.08. The number of hydrogen-bond acceptors (Lipinski definition) is 6. The molecule has 1 saturated carbocycles. The molecule has 1 aliphatic rings. The highest BCUT2D eigenvalue weighted by atomic mass is 16.5. The lowest BCUT2D eigenvalue weighted by Gasteiger charge is -2.21. The Morgan fingerprint density at radius 1 is 1.12 bits per heavy atom. The lowest BCUT2D eigenvalue weighted by Crippen LogP contribution is -2.15. The van der Waals surface area contributed by atoms with Gasteiger partial charge < -0.3 is 10.5 Å². The minimum absolute atomic E-state index is 0.284. The van der Waals surface area contributed by atoms with Crippen LogP contribution in [0.3, 0.4) is 0 Å². The average molecular weight is 338 g/mol. The quantitative estimate of drug-likeness (QED) is 0.769. The van der Waals surface area contributed by atoms with Gasteiger partial charge in [-0.2, -0.15) is 15.1 Å². The average Bonchev–Trinajstić information content (AvgIpc) is 3.05. The first-order valence-electron chi connectivity index (χ1n) is 8.80. The van der Waals surface area contributed by atoms with Gasteiger partial charge in [-0.3, -0.25) is 4.98 Å². The van der Waals surface area contributed by atoms with E-state index >= 15 is 0 Å². The van der Waals surface area contributed by atoms with Crippen molar-refractivity contribution in [1.82, 2.24) is 24.7 Å². The van der Waals surface area contributed by atoms with Crippen molar-refractivity contribution in [1.29, 1.82) is 0 Å². The van der Waals surface area contributed by atoms with E-state index in [9.17, 15) is 0 Å². The normalized spacial score (nSPS) is 15.5. The van der Waals surface area contributed by atoms with Gasteiger partial charge in [0, 0.05) is 18.9 Å². The van der Waals surface area contributed by atoms with Gasteiger partial charge in [0.2, 0.25) is 0 Å². The molecule has 0 saturated heterocycles. The monoisotopic (exact) mass is 338 g/mol. The van der Waals surface area contributed by atoms with Crippen LogP contribution in [0.2, 0.25) is 0 Å². The summed E-state index contributed by atoms with van der Waals surface area (Å²) < 4.78 is 7.67. The van der Waals surface area contributed by atoms with E-state index in [4.69, 9.17) is 10.5 Å². The zero-order valence-electron chi connectivity index (χ0n) is 14.1. The Labute approximate surface area is 146 Å². The molecular formula is C18H22N6O. The van der Waals surface area contributed by atoms with E-state index in [0.29, 0.717) is 18.3 Å². The van der Waals surface area contributed by atoms with Gasteiger partial charge in [0.15, 0.2) is 5.65 Å². The van der Waals surface area contributed by atoms with E-state index in [2.05, 4.69) is 20.1 Å². The van der Waals surface area contributed by atoms with Gasteiger partial charge in [0.25, 0.3) is 0 Å². The van der Waals surface area contributed by atoms with E-state index in [0.717, 1.165) is 23.1 Å². The van der Waals surface area contributed by atoms with Crippen molar-refractivity contribution < 1.29 is 4.74 Å². The van der Waals surface area contributed by atoms with Crippen molar-refractivity contribution in [3.05, 3.63) is 36.3 Å². The fourth-order valence-electron chi connectivity index (χ4n) is 3.40. The minimum atomic E-state index is 0.284. The third-order valence-electron chi connectivity index (χ3n) is 4.78. The molecule has 0 radical (unpaired) electrons. The summed E-state index contributed by atoms with van der Waals surface area (Å²) in [4.78, 5) is 12.8. The molecule has 4 rings (SSSR count). The molecule has 0 unspecified atom stereocenters. The third-order valence-corrected chi connectivity index (χ3v) is 4.78. The van der Waals surface area contributed by atoms with Crippen molar-refractivity contribution in [3.63, 3.8) is 0 Å². The van der Waals surface area contributed by atoms with Crippen LogP contribution < -0.4 is 10.5 Å². The van der Waals surface area contributed by atoms with Crippen LogP contribution in [0, 0.1) is 5.92 Å². The van der Waals surface area contributed by atoms with Crippen molar-refractivity contribution in [2.75, 3.05) is 5.73 Å². The second-order valence-corrected chi connectivity index (χ2v) is 6.60. The lowest BCUT2D eigenvalue weighted by atomic mass is 9.89. The summed E-state index contributed by atoms with van der Waals surface area (Å²) >= 11 is 0. The van der Waals surface area contributed by atoms with Crippen LogP contribution in [0.4, 0.5) is 5.82 Å². The van der Waals surface area contributed by atoms with Crippen molar-refractivity contribution in [2.45, 2.75) is 45.3 Å². The first-order chi connectivity index (χ1) is 12.3. The van der Waals surface area contributed by atoms with Gasteiger partial charge in [0.05, 0.1) is 11.6 Å². The molecule has 0 bridgehead atoms. The molecule has 0 amide bonds. The Morgan fingerprint density at radius 3 is 2.72 bits per heavy atom. The Balaban J connectivity index is 1.55. The number of nitrogen functional groups attached to an aromatic ring is 1. The molecule has 3 heterocycles. The van der Waals surface area contributed by atoms with Crippen molar-refractivity contribution in [3.8, 4) is 6.01 Å². The Morgan fingerprint density at radius 2 is 1.92 bits per heavy atom. The van der Waals surface area contributed by atoms with Crippen LogP contribution in [0.15, 0.2) is 30.7 Å². The van der Waals surface area contributed by atoms with Gasteiger partial charge in [-0.05, 0) is 36.5 Å². The van der Waals surface area contributed by atoms with Crippen molar-refractivity contribution in [2.24, 2.45) is 5.92 Å². The number of rotatable bonds is 5. The molecule has 3 aromatic rings. The maximum absolute atomic E-state index is 6.08. The fraction of sp³-hybridized carbons (Fsp3) is 0.444. The van der Waals surface area contributed by atoms with E-state index in [1.807, 2.05) is 16.8 Å². The zero-order chi connectivity index (χ0) is 17.1. The number of pyridine rings is 1. The van der Waals surface area contributed by atoms with E-state index in [1.165, 1.54) is 32.1 Å². The molecular weight excluding hydrogens is 316 g/mol. The molecule has 3 aromatic heterocycles. The number of fused-ring (bicyclic) bond motifs is 1. The standard InChI is InChI=1S/C18H22N6O/c19-16-15-10-21-24(11-13-4-2-1-3-5-13)17(15)23-18(22-16)25-12-14-6-8-20-9-7-14/h6-10,13H,1-5,11-12H2,(H2,19,22,23). The third kappa shape index (κ3) is 3.55. The smallest absolute Gasteiger partial charge is 0.320 e. The molecule has 7 nitrogen and oxygen atoms in total. The number of aromatic nitrogens is 5. The van der Waals surface area contributed by atoms with E-state index < -0.39 is 0 Å². The lowest BCUT2D eigenvalue weighted by molar-refractivity contribution is 0.281. The first kappa shape index (κ1) is 15.8. The number of nitrogens with zero attached hydrogens (tertiary/aromatic N) is 5. The van der Waals surface area contributed by atoms with Gasteiger partial charge >= 0.3 is 6.01 Å². The molecule has 1 aliphatic carbocycles. The molecule has 0 atom stereocenters. The second-order valence-electron chi connectivity index (χ2n) is 6.60. The largest absolute Gasteiger partial charge is 0.458 e. The van der Waals surface area contributed by atoms with Crippen LogP contribution in [0.1, 0.15) is 37.7 Å². The molecule has 2 N–H and O–H groups in total. The number of nitrogens with two attached hydrogens (primary N) is 1. The summed E-state index contributed by atoms with van der Waals surface area (Å²) in [5.74, 6) is 1.07. The van der Waals surface area contributed by atoms with Gasteiger partial charge in [-0.25, -0.2) is 4.68 Å². The predicted octanol–water partition coefficient (Wildman–Crippen LogP) is 2.96. The maximum Gasteiger partial charge on any atom is 0.320 e. The summed E-state index contributed by atoms with van der Waals surface area (Å²) in [7, 11) is 0. The van der Waals surface area contributed by atoms with Crippen LogP contribution in [-0.4, -0.2) is 24.7 Å². The molecule has 1 fully saturated rings. The highest BCUT2D eigenvalue weighted by Crippen LogP contribution is 2.27. The van der Waals surface area contributed by atoms with Crippen LogP contribution in [0.25, 0.3) is 11.0 Å². The molecule has 25 heavy (non-hydrogen) atoms. The molecule has 0 aliphatic heterocycles. The van der Waals surface area contributed by atoms with Gasteiger partial charge in [0.1, 0.15) is 12.4 Å². The molecule has 130 valence electrons. The number of hydrogen-bond donors (Lipinski definition) is 1. The number of anilines is 1. The highest BCUT2D eigenvalue weighted by Gasteiger charge is 2.18. The summed E-state index contributed by atoms with van der Waals surface area (Å²) in [6.45, 7) is 1.26. The van der Waals surface area contributed by atoms with Crippen LogP contribution in [-0.2, 0) is 13.2 Å². The highest BCUT2D eigenvalue weighted by molar-refractivity contribution is 5.85. The van der Waals surface area contributed by atoms with Gasteiger partial charge in [-0.1, -0.05) is 19.3 Å². The van der Waals surface area contributed by atoms with Crippen molar-refractivity contribution >= 4 is 16.9 Å². The van der Waals surface area contributed by atoms with Crippen LogP contribution in [0.5, 0.6) is 6.01 Å².